The molecule has 0 saturated heterocycles. The minimum Gasteiger partial charge on any atom is -0.0683 e. The van der Waals surface area contributed by atoms with Gasteiger partial charge in [-0.05, 0) is 35.7 Å². The summed E-state index contributed by atoms with van der Waals surface area (Å²) in [4.78, 5) is 0. The zero-order valence-electron chi connectivity index (χ0n) is 11.5. The molecule has 90 valence electrons. The third-order valence-corrected chi connectivity index (χ3v) is 3.68. The smallest absolute Gasteiger partial charge is 0.00314 e. The Morgan fingerprint density at radius 1 is 0.812 bits per heavy atom. The zero-order valence-corrected chi connectivity index (χ0v) is 11.5. The summed E-state index contributed by atoms with van der Waals surface area (Å²) in [5.41, 5.74) is 2.93. The lowest BCUT2D eigenvalue weighted by atomic mass is 9.34. The summed E-state index contributed by atoms with van der Waals surface area (Å²) in [6.07, 6.45) is 4.30. The van der Waals surface area contributed by atoms with E-state index in [1.54, 1.807) is 5.56 Å². The van der Waals surface area contributed by atoms with Gasteiger partial charge in [-0.3, -0.25) is 0 Å². The van der Waals surface area contributed by atoms with E-state index < -0.39 is 0 Å². The maximum absolute atomic E-state index is 2.41. The highest BCUT2D eigenvalue weighted by Gasteiger charge is 2.65. The molecule has 3 aliphatic rings. The van der Waals surface area contributed by atoms with E-state index in [2.05, 4.69) is 37.3 Å². The summed E-state index contributed by atoms with van der Waals surface area (Å²) < 4.78 is 0. The van der Waals surface area contributed by atoms with Crippen LogP contribution in [-0.4, -0.2) is 0 Å². The zero-order chi connectivity index (χ0) is 12.2. The van der Waals surface area contributed by atoms with Crippen molar-refractivity contribution in [2.45, 2.75) is 59.3 Å². The molecule has 16 heavy (non-hydrogen) atoms. The van der Waals surface area contributed by atoms with Gasteiger partial charge in [0.15, 0.2) is 0 Å². The van der Waals surface area contributed by atoms with Gasteiger partial charge in [-0.15, -0.1) is 0 Å². The first kappa shape index (κ1) is 13.3. The Morgan fingerprint density at radius 2 is 1.25 bits per heavy atom. The summed E-state index contributed by atoms with van der Waals surface area (Å²) in [6, 6.07) is 11.0. The molecule has 0 heteroatoms. The molecule has 0 N–H and O–H groups in total. The molecule has 0 unspecified atom stereocenters. The van der Waals surface area contributed by atoms with Gasteiger partial charge in [-0.25, -0.2) is 0 Å². The van der Waals surface area contributed by atoms with Gasteiger partial charge < -0.3 is 0 Å². The van der Waals surface area contributed by atoms with Crippen molar-refractivity contribution in [3.63, 3.8) is 0 Å². The van der Waals surface area contributed by atoms with Crippen molar-refractivity contribution in [3.05, 3.63) is 35.9 Å². The van der Waals surface area contributed by atoms with E-state index in [9.17, 15) is 0 Å². The van der Waals surface area contributed by atoms with Crippen LogP contribution in [0, 0.1) is 5.41 Å². The van der Waals surface area contributed by atoms with Crippen LogP contribution in [0.3, 0.4) is 0 Å². The van der Waals surface area contributed by atoms with Gasteiger partial charge in [-0.2, -0.15) is 0 Å². The molecule has 1 aromatic carbocycles. The predicted molar refractivity (Wildman–Crippen MR) is 72.8 cm³/mol. The van der Waals surface area contributed by atoms with Gasteiger partial charge in [0.05, 0.1) is 0 Å². The largest absolute Gasteiger partial charge is 0.0683 e. The molecule has 0 radical (unpaired) electrons. The summed E-state index contributed by atoms with van der Waals surface area (Å²) in [5, 5.41) is 0. The highest BCUT2D eigenvalue weighted by Crippen LogP contribution is 2.73. The number of rotatable bonds is 1. The van der Waals surface area contributed by atoms with E-state index in [1.165, 1.54) is 19.3 Å². The van der Waals surface area contributed by atoms with Crippen molar-refractivity contribution in [2.24, 2.45) is 5.41 Å². The van der Waals surface area contributed by atoms with Crippen LogP contribution in [0.25, 0.3) is 0 Å². The average molecular weight is 218 g/mol. The number of benzene rings is 1. The Balaban J connectivity index is 0.000000291. The minimum absolute atomic E-state index is 0.621. The van der Waals surface area contributed by atoms with Gasteiger partial charge in [0.25, 0.3) is 0 Å². The number of hydrogen-bond acceptors (Lipinski definition) is 0. The van der Waals surface area contributed by atoms with Crippen LogP contribution in [0.5, 0.6) is 0 Å². The van der Waals surface area contributed by atoms with Crippen LogP contribution in [0.2, 0.25) is 0 Å². The van der Waals surface area contributed by atoms with E-state index in [0.29, 0.717) is 5.41 Å². The Kier molecular flexibility index (Phi) is 4.18. The monoisotopic (exact) mass is 218 g/mol. The van der Waals surface area contributed by atoms with Gasteiger partial charge in [-0.1, -0.05) is 65.0 Å². The topological polar surface area (TPSA) is 0 Å². The van der Waals surface area contributed by atoms with Crippen LogP contribution in [0.4, 0.5) is 0 Å². The van der Waals surface area contributed by atoms with Crippen molar-refractivity contribution in [1.29, 1.82) is 0 Å². The molecule has 1 aromatic rings. The van der Waals surface area contributed by atoms with Gasteiger partial charge in [0, 0.05) is 0 Å². The summed E-state index contributed by atoms with van der Waals surface area (Å²) >= 11 is 0. The Hall–Kier alpha value is -0.780. The fraction of sp³-hybridized carbons (Fsp3) is 0.625. The Labute approximate surface area is 101 Å². The maximum Gasteiger partial charge on any atom is -0.00314 e. The quantitative estimate of drug-likeness (QED) is 0.609. The minimum atomic E-state index is 0.621. The summed E-state index contributed by atoms with van der Waals surface area (Å²) in [5.74, 6) is 0. The Morgan fingerprint density at radius 3 is 1.62 bits per heavy atom. The normalized spacial score (nSPS) is 33.1. The van der Waals surface area contributed by atoms with Crippen LogP contribution in [-0.2, 0) is 5.41 Å². The standard InChI is InChI=1S/C12H14.2C2H6/c1-11-7-12(8-11,9-11)10-5-3-2-4-6-10;2*1-2/h2-6H,7-9H2,1H3;2*1-2H3. The highest BCUT2D eigenvalue weighted by molar-refractivity contribution is 5.37. The summed E-state index contributed by atoms with van der Waals surface area (Å²) in [6.45, 7) is 10.4. The maximum atomic E-state index is 2.41. The molecular weight excluding hydrogens is 192 g/mol. The van der Waals surface area contributed by atoms with Crippen molar-refractivity contribution >= 4 is 0 Å². The predicted octanol–water partition coefficient (Wildman–Crippen LogP) is 5.18. The molecule has 0 amide bonds. The second-order valence-electron chi connectivity index (χ2n) is 4.99. The fourth-order valence-electron chi connectivity index (χ4n) is 3.39. The lowest BCUT2D eigenvalue weighted by Crippen LogP contribution is -2.62. The van der Waals surface area contributed by atoms with E-state index >= 15 is 0 Å². The fourth-order valence-corrected chi connectivity index (χ4v) is 3.39. The molecular formula is C16H26. The van der Waals surface area contributed by atoms with E-state index in [0.717, 1.165) is 5.41 Å². The molecule has 0 nitrogen and oxygen atoms in total. The first-order chi connectivity index (χ1) is 7.73. The van der Waals surface area contributed by atoms with Gasteiger partial charge in [0.1, 0.15) is 0 Å². The van der Waals surface area contributed by atoms with Crippen LogP contribution < -0.4 is 0 Å². The molecule has 0 heterocycles. The molecule has 0 aromatic heterocycles. The highest BCUT2D eigenvalue weighted by atomic mass is 14.7. The van der Waals surface area contributed by atoms with Crippen molar-refractivity contribution < 1.29 is 0 Å². The molecule has 0 aliphatic heterocycles. The van der Waals surface area contributed by atoms with Crippen LogP contribution >= 0.6 is 0 Å². The third kappa shape index (κ3) is 2.03. The van der Waals surface area contributed by atoms with Crippen molar-refractivity contribution in [1.82, 2.24) is 0 Å². The van der Waals surface area contributed by atoms with Crippen LogP contribution in [0.15, 0.2) is 30.3 Å². The average Bonchev–Trinajstić information content (AvgIpc) is 2.30. The van der Waals surface area contributed by atoms with Crippen molar-refractivity contribution in [2.75, 3.05) is 0 Å². The van der Waals surface area contributed by atoms with E-state index in [4.69, 9.17) is 0 Å². The van der Waals surface area contributed by atoms with Crippen molar-refractivity contribution in [3.8, 4) is 0 Å². The molecule has 3 saturated carbocycles. The molecule has 3 aliphatic carbocycles. The second kappa shape index (κ2) is 5.03. The van der Waals surface area contributed by atoms with E-state index in [-0.39, 0.29) is 0 Å². The Bertz CT molecular complexity index is 290. The molecule has 2 bridgehead atoms. The SMILES string of the molecule is CC.CC.CC12CC(c3ccccc3)(C1)C2. The van der Waals surface area contributed by atoms with E-state index in [1.807, 2.05) is 27.7 Å². The first-order valence-corrected chi connectivity index (χ1v) is 6.78. The summed E-state index contributed by atoms with van der Waals surface area (Å²) in [7, 11) is 0. The molecule has 4 rings (SSSR count). The third-order valence-electron chi connectivity index (χ3n) is 3.68. The number of hydrogen-bond donors (Lipinski definition) is 0. The second-order valence-corrected chi connectivity index (χ2v) is 4.99. The lowest BCUT2D eigenvalue weighted by molar-refractivity contribution is -0.125. The molecule has 0 spiro atoms. The lowest BCUT2D eigenvalue weighted by Gasteiger charge is -2.70. The molecule has 0 atom stereocenters. The van der Waals surface area contributed by atoms with Gasteiger partial charge >= 0.3 is 0 Å². The first-order valence-electron chi connectivity index (χ1n) is 6.78. The van der Waals surface area contributed by atoms with Crippen LogP contribution in [0.1, 0.15) is 59.4 Å². The van der Waals surface area contributed by atoms with Gasteiger partial charge in [0.2, 0.25) is 0 Å². The molecule has 3 fully saturated rings.